The Balaban J connectivity index is 1.46. The van der Waals surface area contributed by atoms with E-state index in [0.29, 0.717) is 24.4 Å². The lowest BCUT2D eigenvalue weighted by Gasteiger charge is -2.17. The third-order valence-electron chi connectivity index (χ3n) is 4.56. The molecule has 2 N–H and O–H groups in total. The van der Waals surface area contributed by atoms with Crippen LogP contribution in [0.3, 0.4) is 0 Å². The van der Waals surface area contributed by atoms with Gasteiger partial charge in [0.15, 0.2) is 0 Å². The smallest absolute Gasteiger partial charge is 0.339 e. The van der Waals surface area contributed by atoms with Crippen LogP contribution in [-0.4, -0.2) is 32.3 Å². The lowest BCUT2D eigenvalue weighted by molar-refractivity contribution is 0.0602. The van der Waals surface area contributed by atoms with Crippen molar-refractivity contribution in [1.82, 2.24) is 5.32 Å². The zero-order chi connectivity index (χ0) is 19.1. The fourth-order valence-electron chi connectivity index (χ4n) is 3.18. The van der Waals surface area contributed by atoms with Gasteiger partial charge in [-0.05, 0) is 61.1 Å². The normalized spacial score (nSPS) is 12.6. The van der Waals surface area contributed by atoms with E-state index in [-0.39, 0.29) is 0 Å². The van der Waals surface area contributed by atoms with E-state index in [1.165, 1.54) is 31.1 Å². The highest BCUT2D eigenvalue weighted by molar-refractivity contribution is 6.00. The fraction of sp³-hybridized carbons (Fsp3) is 0.333. The van der Waals surface area contributed by atoms with Crippen molar-refractivity contribution in [2.45, 2.75) is 25.7 Å². The second-order valence-corrected chi connectivity index (χ2v) is 6.40. The van der Waals surface area contributed by atoms with Crippen molar-refractivity contribution in [3.05, 3.63) is 59.2 Å². The Labute approximate surface area is 158 Å². The molecule has 0 spiro atoms. The van der Waals surface area contributed by atoms with E-state index in [0.717, 1.165) is 18.6 Å². The first-order chi connectivity index (χ1) is 13.2. The number of urea groups is 1. The van der Waals surface area contributed by atoms with Gasteiger partial charge in [-0.25, -0.2) is 9.59 Å². The van der Waals surface area contributed by atoms with Crippen LogP contribution in [0.2, 0.25) is 0 Å². The van der Waals surface area contributed by atoms with Crippen molar-refractivity contribution >= 4 is 17.7 Å². The summed E-state index contributed by atoms with van der Waals surface area (Å²) < 4.78 is 10.5. The monoisotopic (exact) mass is 368 g/mol. The first kappa shape index (κ1) is 18.8. The third kappa shape index (κ3) is 5.00. The van der Waals surface area contributed by atoms with Gasteiger partial charge in [0.05, 0.1) is 24.9 Å². The van der Waals surface area contributed by atoms with Crippen molar-refractivity contribution in [3.8, 4) is 5.75 Å². The molecule has 1 aliphatic carbocycles. The van der Waals surface area contributed by atoms with Crippen molar-refractivity contribution in [3.63, 3.8) is 0 Å². The van der Waals surface area contributed by atoms with Gasteiger partial charge in [-0.3, -0.25) is 0 Å². The fourth-order valence-corrected chi connectivity index (χ4v) is 3.18. The maximum atomic E-state index is 12.0. The topological polar surface area (TPSA) is 76.7 Å². The largest absolute Gasteiger partial charge is 0.492 e. The maximum Gasteiger partial charge on any atom is 0.339 e. The summed E-state index contributed by atoms with van der Waals surface area (Å²) >= 11 is 0. The maximum absolute atomic E-state index is 12.0. The number of hydrogen-bond donors (Lipinski definition) is 2. The number of anilines is 1. The van der Waals surface area contributed by atoms with Crippen LogP contribution in [0.5, 0.6) is 5.75 Å². The number of benzene rings is 2. The van der Waals surface area contributed by atoms with E-state index >= 15 is 0 Å². The molecule has 0 saturated heterocycles. The summed E-state index contributed by atoms with van der Waals surface area (Å²) in [5, 5.41) is 5.38. The van der Waals surface area contributed by atoms with Gasteiger partial charge in [-0.1, -0.05) is 18.2 Å². The predicted octanol–water partition coefficient (Wildman–Crippen LogP) is 3.55. The summed E-state index contributed by atoms with van der Waals surface area (Å²) in [5.74, 6) is 0.329. The number of rotatable bonds is 6. The molecule has 0 saturated carbocycles. The van der Waals surface area contributed by atoms with Crippen molar-refractivity contribution < 1.29 is 19.1 Å². The van der Waals surface area contributed by atoms with E-state index in [9.17, 15) is 9.59 Å². The van der Waals surface area contributed by atoms with Gasteiger partial charge in [-0.15, -0.1) is 0 Å². The summed E-state index contributed by atoms with van der Waals surface area (Å²) in [5.41, 5.74) is 3.48. The second kappa shape index (κ2) is 9.07. The lowest BCUT2D eigenvalue weighted by atomic mass is 9.92. The molecule has 142 valence electrons. The highest BCUT2D eigenvalue weighted by atomic mass is 16.5. The number of nitrogens with one attached hydrogen (secondary N) is 2. The molecule has 1 aliphatic rings. The summed E-state index contributed by atoms with van der Waals surface area (Å²) in [6.45, 7) is 0.716. The average Bonchev–Trinajstić information content (AvgIpc) is 2.71. The molecule has 0 heterocycles. The van der Waals surface area contributed by atoms with Crippen LogP contribution in [-0.2, 0) is 17.6 Å². The minimum atomic E-state index is -0.498. The predicted molar refractivity (Wildman–Crippen MR) is 103 cm³/mol. The number of carbonyl (C=O) groups excluding carboxylic acids is 2. The van der Waals surface area contributed by atoms with Crippen molar-refractivity contribution in [2.24, 2.45) is 0 Å². The molecule has 2 aromatic carbocycles. The Kier molecular flexibility index (Phi) is 6.30. The molecule has 0 aromatic heterocycles. The number of esters is 1. The van der Waals surface area contributed by atoms with Crippen molar-refractivity contribution in [1.29, 1.82) is 0 Å². The molecule has 6 heteroatoms. The number of carbonyl (C=O) groups is 2. The van der Waals surface area contributed by atoms with Crippen molar-refractivity contribution in [2.75, 3.05) is 25.6 Å². The highest BCUT2D eigenvalue weighted by Crippen LogP contribution is 2.25. The van der Waals surface area contributed by atoms with E-state index in [1.807, 2.05) is 6.07 Å². The van der Waals surface area contributed by atoms with Gasteiger partial charge in [0.2, 0.25) is 0 Å². The number of amides is 2. The number of aryl methyl sites for hydroxylation is 2. The first-order valence-electron chi connectivity index (χ1n) is 9.14. The summed E-state index contributed by atoms with van der Waals surface area (Å²) in [6.07, 6.45) is 4.73. The Morgan fingerprint density at radius 3 is 2.63 bits per heavy atom. The molecule has 27 heavy (non-hydrogen) atoms. The van der Waals surface area contributed by atoms with Crippen LogP contribution in [0, 0.1) is 0 Å². The van der Waals surface area contributed by atoms with E-state index in [4.69, 9.17) is 9.47 Å². The highest BCUT2D eigenvalue weighted by Gasteiger charge is 2.13. The SMILES string of the molecule is COC(=O)c1ccccc1NC(=O)NCCOc1ccc2c(c1)CCCC2. The zero-order valence-electron chi connectivity index (χ0n) is 15.4. The minimum absolute atomic E-state index is 0.306. The number of fused-ring (bicyclic) bond motifs is 1. The minimum Gasteiger partial charge on any atom is -0.492 e. The van der Waals surface area contributed by atoms with Gasteiger partial charge in [0.1, 0.15) is 12.4 Å². The molecule has 2 aromatic rings. The third-order valence-corrected chi connectivity index (χ3v) is 4.56. The van der Waals surface area contributed by atoms with Gasteiger partial charge < -0.3 is 20.1 Å². The number of hydrogen-bond acceptors (Lipinski definition) is 4. The molecule has 0 bridgehead atoms. The molecule has 2 amide bonds. The van der Waals surface area contributed by atoms with Crippen LogP contribution < -0.4 is 15.4 Å². The molecule has 3 rings (SSSR count). The first-order valence-corrected chi connectivity index (χ1v) is 9.14. The Morgan fingerprint density at radius 1 is 1.04 bits per heavy atom. The Morgan fingerprint density at radius 2 is 1.81 bits per heavy atom. The summed E-state index contributed by atoms with van der Waals surface area (Å²) in [6, 6.07) is 12.5. The van der Waals surface area contributed by atoms with E-state index in [1.54, 1.807) is 24.3 Å². The van der Waals surface area contributed by atoms with E-state index in [2.05, 4.69) is 22.8 Å². The van der Waals surface area contributed by atoms with Crippen LogP contribution >= 0.6 is 0 Å². The van der Waals surface area contributed by atoms with Crippen LogP contribution in [0.25, 0.3) is 0 Å². The molecular formula is C21H24N2O4. The molecule has 0 atom stereocenters. The van der Waals surface area contributed by atoms with Gasteiger partial charge in [0, 0.05) is 0 Å². The number of ether oxygens (including phenoxy) is 2. The van der Waals surface area contributed by atoms with Crippen LogP contribution in [0.1, 0.15) is 34.3 Å². The van der Waals surface area contributed by atoms with Crippen LogP contribution in [0.15, 0.2) is 42.5 Å². The summed E-state index contributed by atoms with van der Waals surface area (Å²) in [7, 11) is 1.30. The van der Waals surface area contributed by atoms with Gasteiger partial charge in [0.25, 0.3) is 0 Å². The molecule has 6 nitrogen and oxygen atoms in total. The lowest BCUT2D eigenvalue weighted by Crippen LogP contribution is -2.32. The molecule has 0 radical (unpaired) electrons. The Hall–Kier alpha value is -3.02. The second-order valence-electron chi connectivity index (χ2n) is 6.40. The van der Waals surface area contributed by atoms with Gasteiger partial charge in [-0.2, -0.15) is 0 Å². The number of methoxy groups -OCH3 is 1. The van der Waals surface area contributed by atoms with Gasteiger partial charge >= 0.3 is 12.0 Å². The average molecular weight is 368 g/mol. The quantitative estimate of drug-likeness (QED) is 0.604. The molecular weight excluding hydrogens is 344 g/mol. The molecule has 0 aliphatic heterocycles. The van der Waals surface area contributed by atoms with Crippen LogP contribution in [0.4, 0.5) is 10.5 Å². The molecule has 0 unspecified atom stereocenters. The van der Waals surface area contributed by atoms with E-state index < -0.39 is 12.0 Å². The zero-order valence-corrected chi connectivity index (χ0v) is 15.4. The standard InChI is InChI=1S/C21H24N2O4/c1-26-20(24)18-8-4-5-9-19(18)23-21(25)22-12-13-27-17-11-10-15-6-2-3-7-16(15)14-17/h4-5,8-11,14H,2-3,6-7,12-13H2,1H3,(H2,22,23,25). The summed E-state index contributed by atoms with van der Waals surface area (Å²) in [4.78, 5) is 23.8. The number of para-hydroxylation sites is 1. The Bertz CT molecular complexity index is 820. The molecule has 0 fully saturated rings.